The van der Waals surface area contributed by atoms with Crippen LogP contribution in [-0.4, -0.2) is 51.8 Å². The number of hydrogen-bond donors (Lipinski definition) is 1. The van der Waals surface area contributed by atoms with Crippen molar-refractivity contribution in [3.8, 4) is 5.75 Å². The monoisotopic (exact) mass is 422 g/mol. The van der Waals surface area contributed by atoms with Crippen LogP contribution in [0, 0.1) is 5.92 Å². The second-order valence-electron chi connectivity index (χ2n) is 6.50. The molecule has 2 aromatic rings. The van der Waals surface area contributed by atoms with E-state index in [1.54, 1.807) is 47.7 Å². The van der Waals surface area contributed by atoms with Crippen LogP contribution >= 0.6 is 11.3 Å². The number of rotatable bonds is 7. The van der Waals surface area contributed by atoms with Crippen LogP contribution in [0.15, 0.2) is 46.0 Å². The predicted octanol–water partition coefficient (Wildman–Crippen LogP) is 2.16. The Morgan fingerprint density at radius 1 is 1.18 bits per heavy atom. The van der Waals surface area contributed by atoms with E-state index in [2.05, 4.69) is 4.72 Å². The molecule has 0 bridgehead atoms. The Labute approximate surface area is 168 Å². The van der Waals surface area contributed by atoms with E-state index in [1.165, 1.54) is 6.07 Å². The Bertz CT molecular complexity index is 916. The van der Waals surface area contributed by atoms with Crippen molar-refractivity contribution in [2.24, 2.45) is 5.92 Å². The zero-order valence-electron chi connectivity index (χ0n) is 15.5. The van der Waals surface area contributed by atoms with Crippen molar-refractivity contribution in [2.45, 2.75) is 17.1 Å². The molecule has 1 amide bonds. The van der Waals surface area contributed by atoms with Gasteiger partial charge in [0.1, 0.15) is 9.96 Å². The summed E-state index contributed by atoms with van der Waals surface area (Å²) in [4.78, 5) is 26.6. The lowest BCUT2D eigenvalue weighted by Crippen LogP contribution is -2.45. The summed E-state index contributed by atoms with van der Waals surface area (Å²) in [5.41, 5.74) is 0.634. The Balaban J connectivity index is 1.50. The molecule has 0 atom stereocenters. The van der Waals surface area contributed by atoms with Crippen molar-refractivity contribution in [1.82, 2.24) is 9.62 Å². The van der Waals surface area contributed by atoms with Crippen molar-refractivity contribution in [3.05, 3.63) is 47.3 Å². The summed E-state index contributed by atoms with van der Waals surface area (Å²) in [6.07, 6.45) is 1.13. The summed E-state index contributed by atoms with van der Waals surface area (Å²) >= 11 is 1.10. The minimum absolute atomic E-state index is 0.0631. The van der Waals surface area contributed by atoms with E-state index < -0.39 is 10.0 Å². The van der Waals surface area contributed by atoms with Gasteiger partial charge in [-0.25, -0.2) is 13.1 Å². The maximum Gasteiger partial charge on any atom is 0.250 e. The largest absolute Gasteiger partial charge is 0.497 e. The first-order valence-corrected chi connectivity index (χ1v) is 11.3. The van der Waals surface area contributed by atoms with Gasteiger partial charge in [-0.15, -0.1) is 11.3 Å². The van der Waals surface area contributed by atoms with E-state index in [0.29, 0.717) is 37.2 Å². The van der Waals surface area contributed by atoms with Gasteiger partial charge in [-0.05, 0) is 48.6 Å². The van der Waals surface area contributed by atoms with Crippen LogP contribution in [-0.2, 0) is 14.8 Å². The normalized spacial score (nSPS) is 15.4. The number of ketones is 1. The third kappa shape index (κ3) is 4.78. The highest BCUT2D eigenvalue weighted by molar-refractivity contribution is 7.91. The molecule has 0 spiro atoms. The van der Waals surface area contributed by atoms with E-state index in [9.17, 15) is 18.0 Å². The molecule has 0 aliphatic carbocycles. The molecule has 1 aliphatic rings. The van der Waals surface area contributed by atoms with Gasteiger partial charge in [0, 0.05) is 24.6 Å². The second kappa shape index (κ2) is 8.85. The number of carbonyl (C=O) groups is 2. The smallest absolute Gasteiger partial charge is 0.250 e. The van der Waals surface area contributed by atoms with Gasteiger partial charge < -0.3 is 9.64 Å². The van der Waals surface area contributed by atoms with Crippen molar-refractivity contribution in [1.29, 1.82) is 0 Å². The first-order valence-electron chi connectivity index (χ1n) is 8.90. The van der Waals surface area contributed by atoms with E-state index in [1.807, 2.05) is 0 Å². The number of benzene rings is 1. The predicted molar refractivity (Wildman–Crippen MR) is 106 cm³/mol. The van der Waals surface area contributed by atoms with Crippen molar-refractivity contribution in [2.75, 3.05) is 26.7 Å². The van der Waals surface area contributed by atoms with Gasteiger partial charge in [0.15, 0.2) is 5.78 Å². The van der Waals surface area contributed by atoms with Gasteiger partial charge in [-0.3, -0.25) is 9.59 Å². The third-order valence-electron chi connectivity index (χ3n) is 4.77. The maximum atomic E-state index is 12.6. The van der Waals surface area contributed by atoms with Crippen molar-refractivity contribution in [3.63, 3.8) is 0 Å². The lowest BCUT2D eigenvalue weighted by molar-refractivity contribution is -0.131. The van der Waals surface area contributed by atoms with E-state index >= 15 is 0 Å². The number of amides is 1. The number of piperidine rings is 1. The van der Waals surface area contributed by atoms with Crippen LogP contribution in [0.4, 0.5) is 0 Å². The minimum Gasteiger partial charge on any atom is -0.497 e. The highest BCUT2D eigenvalue weighted by Crippen LogP contribution is 2.23. The molecule has 1 N–H and O–H groups in total. The van der Waals surface area contributed by atoms with Crippen LogP contribution in [0.5, 0.6) is 5.75 Å². The van der Waals surface area contributed by atoms with Gasteiger partial charge in [-0.1, -0.05) is 6.07 Å². The molecule has 1 saturated heterocycles. The lowest BCUT2D eigenvalue weighted by Gasteiger charge is -2.31. The molecule has 2 heterocycles. The highest BCUT2D eigenvalue weighted by Gasteiger charge is 2.28. The van der Waals surface area contributed by atoms with Gasteiger partial charge in [0.2, 0.25) is 5.91 Å². The van der Waals surface area contributed by atoms with Crippen LogP contribution in [0.3, 0.4) is 0 Å². The highest BCUT2D eigenvalue weighted by atomic mass is 32.2. The summed E-state index contributed by atoms with van der Waals surface area (Å²) in [6, 6.07) is 10.1. The van der Waals surface area contributed by atoms with Crippen molar-refractivity contribution < 1.29 is 22.7 Å². The molecular weight excluding hydrogens is 400 g/mol. The van der Waals surface area contributed by atoms with Crippen LogP contribution in [0.25, 0.3) is 0 Å². The summed E-state index contributed by atoms with van der Waals surface area (Å²) in [5.74, 6) is 0.339. The molecule has 7 nitrogen and oxygen atoms in total. The molecule has 28 heavy (non-hydrogen) atoms. The standard InChI is InChI=1S/C19H22N2O5S2/c1-26-16-6-4-14(5-7-16)19(23)15-8-10-21(11-9-15)17(22)13-20-28(24,25)18-3-2-12-27-18/h2-7,12,15,20H,8-11,13H2,1H3. The third-order valence-corrected chi connectivity index (χ3v) is 7.57. The number of carbonyl (C=O) groups excluding carboxylic acids is 2. The number of nitrogens with one attached hydrogen (secondary N) is 1. The minimum atomic E-state index is -3.66. The zero-order valence-corrected chi connectivity index (χ0v) is 17.1. The molecule has 1 aromatic heterocycles. The Hall–Kier alpha value is -2.23. The van der Waals surface area contributed by atoms with Gasteiger partial charge >= 0.3 is 0 Å². The van der Waals surface area contributed by atoms with Gasteiger partial charge in [0.05, 0.1) is 13.7 Å². The number of ether oxygens (including phenoxy) is 1. The number of nitrogens with zero attached hydrogens (tertiary/aromatic N) is 1. The Morgan fingerprint density at radius 2 is 1.86 bits per heavy atom. The molecule has 1 fully saturated rings. The molecule has 9 heteroatoms. The zero-order chi connectivity index (χ0) is 20.1. The fraction of sp³-hybridized carbons (Fsp3) is 0.368. The Morgan fingerprint density at radius 3 is 2.43 bits per heavy atom. The summed E-state index contributed by atoms with van der Waals surface area (Å²) in [5, 5.41) is 1.67. The first-order chi connectivity index (χ1) is 13.4. The van der Waals surface area contributed by atoms with E-state index in [0.717, 1.165) is 11.3 Å². The van der Waals surface area contributed by atoms with Gasteiger partial charge in [-0.2, -0.15) is 0 Å². The van der Waals surface area contributed by atoms with Crippen molar-refractivity contribution >= 4 is 33.1 Å². The lowest BCUT2D eigenvalue weighted by atomic mass is 9.89. The number of thiophene rings is 1. The topological polar surface area (TPSA) is 92.8 Å². The number of sulfonamides is 1. The maximum absolute atomic E-state index is 12.6. The first kappa shape index (κ1) is 20.5. The summed E-state index contributed by atoms with van der Waals surface area (Å²) in [6.45, 7) is 0.593. The second-order valence-corrected chi connectivity index (χ2v) is 9.45. The SMILES string of the molecule is COc1ccc(C(=O)C2CCN(C(=O)CNS(=O)(=O)c3cccs3)CC2)cc1. The molecule has 0 radical (unpaired) electrons. The fourth-order valence-electron chi connectivity index (χ4n) is 3.14. The Kier molecular flexibility index (Phi) is 6.48. The summed E-state index contributed by atoms with van der Waals surface area (Å²) in [7, 11) is -2.09. The molecule has 0 unspecified atom stereocenters. The molecule has 0 saturated carbocycles. The average molecular weight is 423 g/mol. The molecule has 3 rings (SSSR count). The van der Waals surface area contributed by atoms with Crippen LogP contribution in [0.2, 0.25) is 0 Å². The number of likely N-dealkylation sites (tertiary alicyclic amines) is 1. The molecule has 1 aromatic carbocycles. The van der Waals surface area contributed by atoms with E-state index in [4.69, 9.17) is 4.74 Å². The summed E-state index contributed by atoms with van der Waals surface area (Å²) < 4.78 is 31.8. The number of hydrogen-bond acceptors (Lipinski definition) is 6. The molecular formula is C19H22N2O5S2. The van der Waals surface area contributed by atoms with Gasteiger partial charge in [0.25, 0.3) is 10.0 Å². The van der Waals surface area contributed by atoms with Crippen LogP contribution in [0.1, 0.15) is 23.2 Å². The average Bonchev–Trinajstić information content (AvgIpc) is 3.28. The number of Topliss-reactive ketones (excluding diaryl/α,β-unsaturated/α-hetero) is 1. The van der Waals surface area contributed by atoms with Crippen LogP contribution < -0.4 is 9.46 Å². The molecule has 1 aliphatic heterocycles. The molecule has 150 valence electrons. The van der Waals surface area contributed by atoms with E-state index in [-0.39, 0.29) is 28.4 Å². The number of methoxy groups -OCH3 is 1. The quantitative estimate of drug-likeness (QED) is 0.690. The fourth-order valence-corrected chi connectivity index (χ4v) is 5.15.